The third-order valence-electron chi connectivity index (χ3n) is 5.26. The van der Waals surface area contributed by atoms with Gasteiger partial charge in [0.1, 0.15) is 11.6 Å². The lowest BCUT2D eigenvalue weighted by molar-refractivity contribution is -0.143. The SMILES string of the molecule is O=C1Cc2ccc(NC(=O)C(=O)N3CCCN(c4ccc(C(F)(F)F)cn4)CC3)cc2O1. The van der Waals surface area contributed by atoms with E-state index in [1.807, 2.05) is 0 Å². The summed E-state index contributed by atoms with van der Waals surface area (Å²) >= 11 is 0. The Kier molecular flexibility index (Phi) is 5.72. The van der Waals surface area contributed by atoms with Crippen LogP contribution >= 0.6 is 0 Å². The highest BCUT2D eigenvalue weighted by Gasteiger charge is 2.31. The molecule has 3 heterocycles. The first kappa shape index (κ1) is 21.6. The number of halogens is 3. The van der Waals surface area contributed by atoms with E-state index < -0.39 is 23.6 Å². The number of amides is 2. The van der Waals surface area contributed by atoms with Gasteiger partial charge in [0.05, 0.1) is 12.0 Å². The van der Waals surface area contributed by atoms with Gasteiger partial charge in [0, 0.05) is 49.7 Å². The van der Waals surface area contributed by atoms with Crippen LogP contribution in [0.1, 0.15) is 17.5 Å². The maximum atomic E-state index is 12.7. The van der Waals surface area contributed by atoms with Gasteiger partial charge in [0.15, 0.2) is 0 Å². The van der Waals surface area contributed by atoms with E-state index in [-0.39, 0.29) is 18.9 Å². The summed E-state index contributed by atoms with van der Waals surface area (Å²) in [5.41, 5.74) is 0.219. The summed E-state index contributed by atoms with van der Waals surface area (Å²) in [6, 6.07) is 7.00. The van der Waals surface area contributed by atoms with Crippen molar-refractivity contribution in [2.45, 2.75) is 19.0 Å². The fourth-order valence-electron chi connectivity index (χ4n) is 3.61. The fraction of sp³-hybridized carbons (Fsp3) is 0.333. The summed E-state index contributed by atoms with van der Waals surface area (Å²) < 4.78 is 43.2. The molecule has 11 heteroatoms. The Labute approximate surface area is 181 Å². The van der Waals surface area contributed by atoms with Crippen LogP contribution in [0.15, 0.2) is 36.5 Å². The molecule has 1 saturated heterocycles. The first-order valence-corrected chi connectivity index (χ1v) is 9.93. The number of benzene rings is 1. The first-order valence-electron chi connectivity index (χ1n) is 9.93. The average molecular weight is 448 g/mol. The summed E-state index contributed by atoms with van der Waals surface area (Å²) in [6.07, 6.45) is -2.98. The molecule has 2 aromatic rings. The van der Waals surface area contributed by atoms with Crippen LogP contribution in [-0.2, 0) is 27.0 Å². The number of alkyl halides is 3. The monoisotopic (exact) mass is 448 g/mol. The van der Waals surface area contributed by atoms with E-state index in [9.17, 15) is 27.6 Å². The van der Waals surface area contributed by atoms with Gasteiger partial charge in [-0.25, -0.2) is 4.98 Å². The third-order valence-corrected chi connectivity index (χ3v) is 5.26. The van der Waals surface area contributed by atoms with E-state index in [0.29, 0.717) is 48.9 Å². The normalized spacial score (nSPS) is 16.3. The number of fused-ring (bicyclic) bond motifs is 1. The van der Waals surface area contributed by atoms with Crippen LogP contribution in [0.4, 0.5) is 24.7 Å². The van der Waals surface area contributed by atoms with Gasteiger partial charge in [0.2, 0.25) is 0 Å². The van der Waals surface area contributed by atoms with Crippen molar-refractivity contribution in [2.24, 2.45) is 0 Å². The number of ether oxygens (including phenoxy) is 1. The van der Waals surface area contributed by atoms with Crippen molar-refractivity contribution in [3.63, 3.8) is 0 Å². The van der Waals surface area contributed by atoms with E-state index in [1.165, 1.54) is 17.0 Å². The molecule has 0 aliphatic carbocycles. The van der Waals surface area contributed by atoms with Crippen molar-refractivity contribution in [1.29, 1.82) is 0 Å². The highest BCUT2D eigenvalue weighted by molar-refractivity contribution is 6.39. The smallest absolute Gasteiger partial charge is 0.417 e. The predicted molar refractivity (Wildman–Crippen MR) is 107 cm³/mol. The highest BCUT2D eigenvalue weighted by Crippen LogP contribution is 2.30. The fourth-order valence-corrected chi connectivity index (χ4v) is 3.61. The van der Waals surface area contributed by atoms with E-state index >= 15 is 0 Å². The van der Waals surface area contributed by atoms with Crippen LogP contribution in [0.25, 0.3) is 0 Å². The predicted octanol–water partition coefficient (Wildman–Crippen LogP) is 2.24. The minimum absolute atomic E-state index is 0.167. The molecule has 168 valence electrons. The minimum atomic E-state index is -4.46. The Morgan fingerprint density at radius 3 is 2.59 bits per heavy atom. The maximum Gasteiger partial charge on any atom is 0.417 e. The standard InChI is InChI=1S/C21H19F3N4O4/c22-21(23,24)14-3-5-17(25-12-14)27-6-1-7-28(9-8-27)20(31)19(30)26-15-4-2-13-10-18(29)32-16(13)11-15/h2-5,11-12H,1,6-10H2,(H,26,30). The summed E-state index contributed by atoms with van der Waals surface area (Å²) in [4.78, 5) is 43.4. The summed E-state index contributed by atoms with van der Waals surface area (Å²) in [5, 5.41) is 2.51. The molecule has 1 aromatic carbocycles. The number of nitrogens with one attached hydrogen (secondary N) is 1. The Morgan fingerprint density at radius 1 is 1.06 bits per heavy atom. The van der Waals surface area contributed by atoms with Crippen molar-refractivity contribution >= 4 is 29.3 Å². The lowest BCUT2D eigenvalue weighted by atomic mass is 10.1. The Hall–Kier alpha value is -3.63. The van der Waals surface area contributed by atoms with Crippen LogP contribution in [-0.4, -0.2) is 53.8 Å². The molecular formula is C21H19F3N4O4. The molecule has 0 atom stereocenters. The Balaban J connectivity index is 1.35. The number of carbonyl (C=O) groups is 3. The second-order valence-corrected chi connectivity index (χ2v) is 7.46. The molecule has 2 aliphatic heterocycles. The molecule has 32 heavy (non-hydrogen) atoms. The molecule has 0 saturated carbocycles. The summed E-state index contributed by atoms with van der Waals surface area (Å²) in [5.74, 6) is -1.18. The second kappa shape index (κ2) is 8.48. The average Bonchev–Trinajstić information content (AvgIpc) is 2.95. The maximum absolute atomic E-state index is 12.7. The Morgan fingerprint density at radius 2 is 1.88 bits per heavy atom. The molecule has 0 radical (unpaired) electrons. The number of anilines is 2. The van der Waals surface area contributed by atoms with Crippen LogP contribution in [0.3, 0.4) is 0 Å². The molecule has 1 fully saturated rings. The van der Waals surface area contributed by atoms with E-state index in [0.717, 1.165) is 12.3 Å². The van der Waals surface area contributed by atoms with Gasteiger partial charge >= 0.3 is 24.0 Å². The number of esters is 1. The van der Waals surface area contributed by atoms with Crippen LogP contribution in [0, 0.1) is 0 Å². The van der Waals surface area contributed by atoms with Crippen LogP contribution in [0.2, 0.25) is 0 Å². The molecule has 0 bridgehead atoms. The molecule has 8 nitrogen and oxygen atoms in total. The van der Waals surface area contributed by atoms with E-state index in [2.05, 4.69) is 10.3 Å². The number of hydrogen-bond acceptors (Lipinski definition) is 6. The number of hydrogen-bond donors (Lipinski definition) is 1. The number of carbonyl (C=O) groups excluding carboxylic acids is 3. The lowest BCUT2D eigenvalue weighted by Crippen LogP contribution is -2.41. The highest BCUT2D eigenvalue weighted by atomic mass is 19.4. The van der Waals surface area contributed by atoms with Crippen molar-refractivity contribution in [2.75, 3.05) is 36.4 Å². The number of rotatable bonds is 2. The molecular weight excluding hydrogens is 429 g/mol. The molecule has 0 unspecified atom stereocenters. The van der Waals surface area contributed by atoms with Gasteiger partial charge in [-0.15, -0.1) is 0 Å². The molecule has 2 aliphatic rings. The lowest BCUT2D eigenvalue weighted by Gasteiger charge is -2.23. The summed E-state index contributed by atoms with van der Waals surface area (Å²) in [7, 11) is 0. The zero-order chi connectivity index (χ0) is 22.9. The van der Waals surface area contributed by atoms with Gasteiger partial charge in [-0.2, -0.15) is 13.2 Å². The van der Waals surface area contributed by atoms with E-state index in [1.54, 1.807) is 17.0 Å². The van der Waals surface area contributed by atoms with Crippen molar-refractivity contribution in [3.8, 4) is 5.75 Å². The van der Waals surface area contributed by atoms with E-state index in [4.69, 9.17) is 4.74 Å². The second-order valence-electron chi connectivity index (χ2n) is 7.46. The van der Waals surface area contributed by atoms with Crippen molar-refractivity contribution in [1.82, 2.24) is 9.88 Å². The number of pyridine rings is 1. The zero-order valence-corrected chi connectivity index (χ0v) is 16.8. The minimum Gasteiger partial charge on any atom is -0.426 e. The number of nitrogens with zero attached hydrogens (tertiary/aromatic N) is 3. The van der Waals surface area contributed by atoms with Crippen LogP contribution in [0.5, 0.6) is 5.75 Å². The Bertz CT molecular complexity index is 1060. The van der Waals surface area contributed by atoms with Gasteiger partial charge in [-0.3, -0.25) is 14.4 Å². The molecule has 1 aromatic heterocycles. The summed E-state index contributed by atoms with van der Waals surface area (Å²) in [6.45, 7) is 1.36. The van der Waals surface area contributed by atoms with Gasteiger partial charge < -0.3 is 19.9 Å². The van der Waals surface area contributed by atoms with Gasteiger partial charge in [-0.1, -0.05) is 6.07 Å². The quantitative estimate of drug-likeness (QED) is 0.431. The first-order chi connectivity index (χ1) is 15.2. The van der Waals surface area contributed by atoms with Crippen molar-refractivity contribution < 1.29 is 32.3 Å². The largest absolute Gasteiger partial charge is 0.426 e. The van der Waals surface area contributed by atoms with Gasteiger partial charge in [-0.05, 0) is 24.6 Å². The zero-order valence-electron chi connectivity index (χ0n) is 16.8. The van der Waals surface area contributed by atoms with Crippen LogP contribution < -0.4 is 15.0 Å². The topological polar surface area (TPSA) is 91.8 Å². The molecule has 2 amide bonds. The molecule has 4 rings (SSSR count). The number of aromatic nitrogens is 1. The van der Waals surface area contributed by atoms with Crippen molar-refractivity contribution in [3.05, 3.63) is 47.7 Å². The molecule has 1 N–H and O–H groups in total. The molecule has 0 spiro atoms. The third kappa shape index (κ3) is 4.66. The van der Waals surface area contributed by atoms with Gasteiger partial charge in [0.25, 0.3) is 0 Å².